The van der Waals surface area contributed by atoms with E-state index >= 15 is 0 Å². The maximum absolute atomic E-state index is 11.3. The molecular formula is C13H19N3O. The second-order valence-electron chi connectivity index (χ2n) is 4.19. The fraction of sp³-hybridized carbons (Fsp3) is 0.385. The quantitative estimate of drug-likeness (QED) is 0.513. The van der Waals surface area contributed by atoms with E-state index in [2.05, 4.69) is 17.4 Å². The maximum atomic E-state index is 11.3. The van der Waals surface area contributed by atoms with Crippen LogP contribution in [0, 0.1) is 5.41 Å². The fourth-order valence-corrected chi connectivity index (χ4v) is 1.60. The lowest BCUT2D eigenvalue weighted by atomic mass is 10.1. The number of carbonyl (C=O) groups excluding carboxylic acids is 1. The summed E-state index contributed by atoms with van der Waals surface area (Å²) in [5.41, 5.74) is 6.42. The second kappa shape index (κ2) is 6.68. The van der Waals surface area contributed by atoms with Gasteiger partial charge in [0, 0.05) is 6.04 Å². The van der Waals surface area contributed by atoms with Crippen LogP contribution in [0.15, 0.2) is 30.3 Å². The molecule has 0 aliphatic carbocycles. The zero-order valence-corrected chi connectivity index (χ0v) is 10.1. The van der Waals surface area contributed by atoms with E-state index in [-0.39, 0.29) is 24.2 Å². The molecule has 0 heterocycles. The number of nitrogens with one attached hydrogen (secondary N) is 2. The zero-order valence-electron chi connectivity index (χ0n) is 10.1. The summed E-state index contributed by atoms with van der Waals surface area (Å²) in [6.07, 6.45) is 1.80. The van der Waals surface area contributed by atoms with Crippen molar-refractivity contribution in [3.05, 3.63) is 35.9 Å². The van der Waals surface area contributed by atoms with Crippen molar-refractivity contribution < 1.29 is 4.79 Å². The van der Waals surface area contributed by atoms with Gasteiger partial charge in [0.1, 0.15) is 0 Å². The lowest BCUT2D eigenvalue weighted by Crippen LogP contribution is -2.35. The summed E-state index contributed by atoms with van der Waals surface area (Å²) in [4.78, 5) is 11.3. The molecule has 0 saturated heterocycles. The van der Waals surface area contributed by atoms with Gasteiger partial charge in [-0.15, -0.1) is 0 Å². The van der Waals surface area contributed by atoms with Crippen molar-refractivity contribution in [2.75, 3.05) is 0 Å². The molecule has 4 N–H and O–H groups in total. The predicted molar refractivity (Wildman–Crippen MR) is 68.9 cm³/mol. The highest BCUT2D eigenvalue weighted by atomic mass is 16.1. The standard InChI is InChI=1S/C13H19N3O/c1-10(16-13(17)9-12(14)15)7-8-11-5-3-2-4-6-11/h2-6,10H,7-9H2,1H3,(H3,14,15)(H,16,17)/t10-/m0/s1. The first-order valence-corrected chi connectivity index (χ1v) is 5.74. The third kappa shape index (κ3) is 5.70. The Bertz CT molecular complexity index is 376. The Morgan fingerprint density at radius 3 is 2.65 bits per heavy atom. The van der Waals surface area contributed by atoms with E-state index in [4.69, 9.17) is 11.1 Å². The highest BCUT2D eigenvalue weighted by Gasteiger charge is 2.08. The molecule has 92 valence electrons. The van der Waals surface area contributed by atoms with Crippen LogP contribution in [0.1, 0.15) is 25.3 Å². The Balaban J connectivity index is 2.28. The van der Waals surface area contributed by atoms with Gasteiger partial charge >= 0.3 is 0 Å². The normalized spacial score (nSPS) is 11.8. The molecule has 1 atom stereocenters. The van der Waals surface area contributed by atoms with E-state index in [9.17, 15) is 4.79 Å². The summed E-state index contributed by atoms with van der Waals surface area (Å²) < 4.78 is 0. The van der Waals surface area contributed by atoms with Gasteiger partial charge in [-0.2, -0.15) is 0 Å². The summed E-state index contributed by atoms with van der Waals surface area (Å²) in [6.45, 7) is 1.96. The molecule has 0 radical (unpaired) electrons. The third-order valence-corrected chi connectivity index (χ3v) is 2.47. The maximum Gasteiger partial charge on any atom is 0.227 e. The Morgan fingerprint density at radius 1 is 1.41 bits per heavy atom. The fourth-order valence-electron chi connectivity index (χ4n) is 1.60. The Morgan fingerprint density at radius 2 is 2.06 bits per heavy atom. The largest absolute Gasteiger partial charge is 0.387 e. The molecule has 1 aromatic carbocycles. The van der Waals surface area contributed by atoms with Crippen molar-refractivity contribution in [2.45, 2.75) is 32.2 Å². The first kappa shape index (κ1) is 13.2. The number of carbonyl (C=O) groups is 1. The molecule has 4 nitrogen and oxygen atoms in total. The van der Waals surface area contributed by atoms with Gasteiger partial charge in [0.05, 0.1) is 12.3 Å². The molecule has 0 aromatic heterocycles. The SMILES string of the molecule is C[C@@H](CCc1ccccc1)NC(=O)CC(=N)N. The number of amidine groups is 1. The van der Waals surface area contributed by atoms with E-state index in [1.165, 1.54) is 5.56 Å². The van der Waals surface area contributed by atoms with Gasteiger partial charge in [-0.1, -0.05) is 30.3 Å². The zero-order chi connectivity index (χ0) is 12.7. The molecule has 0 fully saturated rings. The highest BCUT2D eigenvalue weighted by molar-refractivity contribution is 5.97. The predicted octanol–water partition coefficient (Wildman–Crippen LogP) is 1.45. The number of hydrogen-bond donors (Lipinski definition) is 3. The van der Waals surface area contributed by atoms with Gasteiger partial charge in [-0.05, 0) is 25.3 Å². The minimum absolute atomic E-state index is 0.0182. The number of amides is 1. The van der Waals surface area contributed by atoms with E-state index < -0.39 is 0 Å². The van der Waals surface area contributed by atoms with Gasteiger partial charge in [0.25, 0.3) is 0 Å². The van der Waals surface area contributed by atoms with Crippen LogP contribution < -0.4 is 11.1 Å². The van der Waals surface area contributed by atoms with Crippen LogP contribution >= 0.6 is 0 Å². The molecule has 1 aromatic rings. The van der Waals surface area contributed by atoms with Crippen molar-refractivity contribution in [2.24, 2.45) is 5.73 Å². The number of rotatable bonds is 6. The molecule has 0 spiro atoms. The van der Waals surface area contributed by atoms with Crippen LogP contribution in [0.25, 0.3) is 0 Å². The average molecular weight is 233 g/mol. The monoisotopic (exact) mass is 233 g/mol. The van der Waals surface area contributed by atoms with Gasteiger partial charge < -0.3 is 11.1 Å². The molecule has 0 unspecified atom stereocenters. The number of aryl methyl sites for hydroxylation is 1. The van der Waals surface area contributed by atoms with Crippen LogP contribution in [-0.2, 0) is 11.2 Å². The summed E-state index contributed by atoms with van der Waals surface area (Å²) >= 11 is 0. The van der Waals surface area contributed by atoms with E-state index in [1.807, 2.05) is 25.1 Å². The Labute approximate surface area is 102 Å². The minimum Gasteiger partial charge on any atom is -0.387 e. The van der Waals surface area contributed by atoms with Crippen LogP contribution in [-0.4, -0.2) is 17.8 Å². The number of benzene rings is 1. The second-order valence-corrected chi connectivity index (χ2v) is 4.19. The lowest BCUT2D eigenvalue weighted by molar-refractivity contribution is -0.120. The van der Waals surface area contributed by atoms with Crippen LogP contribution in [0.4, 0.5) is 0 Å². The Hall–Kier alpha value is -1.84. The first-order valence-electron chi connectivity index (χ1n) is 5.74. The topological polar surface area (TPSA) is 79.0 Å². The summed E-state index contributed by atoms with van der Waals surface area (Å²) in [6, 6.07) is 10.3. The van der Waals surface area contributed by atoms with Crippen LogP contribution in [0.2, 0.25) is 0 Å². The van der Waals surface area contributed by atoms with Gasteiger partial charge in [0.2, 0.25) is 5.91 Å². The van der Waals surface area contributed by atoms with Gasteiger partial charge in [-0.3, -0.25) is 10.2 Å². The molecular weight excluding hydrogens is 214 g/mol. The minimum atomic E-state index is -0.182. The molecule has 1 rings (SSSR count). The molecule has 0 aliphatic rings. The van der Waals surface area contributed by atoms with Crippen molar-refractivity contribution in [3.63, 3.8) is 0 Å². The van der Waals surface area contributed by atoms with Crippen molar-refractivity contribution in [3.8, 4) is 0 Å². The van der Waals surface area contributed by atoms with E-state index in [0.29, 0.717) is 0 Å². The molecule has 4 heteroatoms. The van der Waals surface area contributed by atoms with Gasteiger partial charge in [-0.25, -0.2) is 0 Å². The number of nitrogens with two attached hydrogens (primary N) is 1. The summed E-state index contributed by atoms with van der Waals surface area (Å²) in [5, 5.41) is 9.84. The lowest BCUT2D eigenvalue weighted by Gasteiger charge is -2.13. The van der Waals surface area contributed by atoms with Gasteiger partial charge in [0.15, 0.2) is 0 Å². The summed E-state index contributed by atoms with van der Waals surface area (Å²) in [7, 11) is 0. The van der Waals surface area contributed by atoms with Crippen molar-refractivity contribution in [1.82, 2.24) is 5.32 Å². The highest BCUT2D eigenvalue weighted by Crippen LogP contribution is 2.04. The average Bonchev–Trinajstić information content (AvgIpc) is 2.26. The number of hydrogen-bond acceptors (Lipinski definition) is 2. The molecule has 17 heavy (non-hydrogen) atoms. The van der Waals surface area contributed by atoms with Crippen LogP contribution in [0.5, 0.6) is 0 Å². The Kier molecular flexibility index (Phi) is 5.20. The van der Waals surface area contributed by atoms with Crippen LogP contribution in [0.3, 0.4) is 0 Å². The molecule has 1 amide bonds. The van der Waals surface area contributed by atoms with E-state index in [0.717, 1.165) is 12.8 Å². The first-order chi connectivity index (χ1) is 8.08. The van der Waals surface area contributed by atoms with E-state index in [1.54, 1.807) is 0 Å². The smallest absolute Gasteiger partial charge is 0.227 e. The molecule has 0 saturated carbocycles. The molecule has 0 bridgehead atoms. The third-order valence-electron chi connectivity index (χ3n) is 2.47. The molecule has 0 aliphatic heterocycles. The summed E-state index contributed by atoms with van der Waals surface area (Å²) in [5.74, 6) is -0.282. The van der Waals surface area contributed by atoms with Crippen molar-refractivity contribution in [1.29, 1.82) is 5.41 Å². The van der Waals surface area contributed by atoms with Crippen molar-refractivity contribution >= 4 is 11.7 Å².